The SMILES string of the molecule is Cn1nc(C(=O)O)cc1-c1cc(Br)c2c(c1)OCO2. The number of hydrogen-bond acceptors (Lipinski definition) is 4. The van der Waals surface area contributed by atoms with E-state index in [0.717, 1.165) is 10.0 Å². The van der Waals surface area contributed by atoms with Crippen molar-refractivity contribution in [3.05, 3.63) is 28.4 Å². The summed E-state index contributed by atoms with van der Waals surface area (Å²) in [4.78, 5) is 10.9. The molecule has 0 unspecified atom stereocenters. The summed E-state index contributed by atoms with van der Waals surface area (Å²) >= 11 is 3.40. The second-order valence-electron chi connectivity index (χ2n) is 4.04. The van der Waals surface area contributed by atoms with Crippen molar-refractivity contribution in [3.63, 3.8) is 0 Å². The molecule has 1 aliphatic rings. The Morgan fingerprint density at radius 2 is 2.21 bits per heavy atom. The van der Waals surface area contributed by atoms with Crippen LogP contribution in [-0.2, 0) is 7.05 Å². The molecule has 2 aromatic rings. The van der Waals surface area contributed by atoms with E-state index in [1.165, 1.54) is 10.7 Å². The third kappa shape index (κ3) is 1.95. The van der Waals surface area contributed by atoms with E-state index in [2.05, 4.69) is 21.0 Å². The molecule has 0 radical (unpaired) electrons. The van der Waals surface area contributed by atoms with Gasteiger partial charge in [0.2, 0.25) is 6.79 Å². The maximum absolute atomic E-state index is 10.9. The summed E-state index contributed by atoms with van der Waals surface area (Å²) in [6.45, 7) is 0.184. The fourth-order valence-electron chi connectivity index (χ4n) is 1.96. The second-order valence-corrected chi connectivity index (χ2v) is 4.89. The zero-order chi connectivity index (χ0) is 13.6. The van der Waals surface area contributed by atoms with Gasteiger partial charge in [0, 0.05) is 12.6 Å². The standard InChI is InChI=1S/C12H9BrN2O4/c1-15-9(4-8(14-15)12(16)17)6-2-7(13)11-10(3-6)18-5-19-11/h2-4H,5H2,1H3,(H,16,17). The predicted octanol–water partition coefficient (Wildman–Crippen LogP) is 2.28. The lowest BCUT2D eigenvalue weighted by Crippen LogP contribution is -1.99. The third-order valence-corrected chi connectivity index (χ3v) is 3.41. The van der Waals surface area contributed by atoms with E-state index < -0.39 is 5.97 Å². The van der Waals surface area contributed by atoms with Crippen LogP contribution in [0.4, 0.5) is 0 Å². The van der Waals surface area contributed by atoms with Gasteiger partial charge in [-0.3, -0.25) is 4.68 Å². The van der Waals surface area contributed by atoms with Crippen LogP contribution >= 0.6 is 15.9 Å². The Hall–Kier alpha value is -2.02. The normalized spacial score (nSPS) is 12.7. The largest absolute Gasteiger partial charge is 0.476 e. The molecule has 0 saturated heterocycles. The summed E-state index contributed by atoms with van der Waals surface area (Å²) < 4.78 is 12.9. The van der Waals surface area contributed by atoms with Crippen molar-refractivity contribution >= 4 is 21.9 Å². The first-order chi connectivity index (χ1) is 9.06. The number of aromatic carboxylic acids is 1. The Bertz CT molecular complexity index is 681. The van der Waals surface area contributed by atoms with Gasteiger partial charge in [-0.05, 0) is 34.1 Å². The monoisotopic (exact) mass is 324 g/mol. The number of ether oxygens (including phenoxy) is 2. The quantitative estimate of drug-likeness (QED) is 0.917. The number of carboxylic acid groups (broad SMARTS) is 1. The first-order valence-electron chi connectivity index (χ1n) is 5.43. The first kappa shape index (κ1) is 12.0. The lowest BCUT2D eigenvalue weighted by molar-refractivity contribution is 0.0689. The van der Waals surface area contributed by atoms with Crippen LogP contribution in [0.5, 0.6) is 11.5 Å². The number of rotatable bonds is 2. The molecule has 1 N–H and O–H groups in total. The Morgan fingerprint density at radius 3 is 2.89 bits per heavy atom. The molecular weight excluding hydrogens is 316 g/mol. The number of fused-ring (bicyclic) bond motifs is 1. The molecule has 1 aliphatic heterocycles. The summed E-state index contributed by atoms with van der Waals surface area (Å²) in [5, 5.41) is 12.9. The van der Waals surface area contributed by atoms with Crippen LogP contribution in [0.1, 0.15) is 10.5 Å². The van der Waals surface area contributed by atoms with Crippen molar-refractivity contribution in [2.75, 3.05) is 6.79 Å². The molecule has 0 bridgehead atoms. The van der Waals surface area contributed by atoms with Crippen LogP contribution in [0.25, 0.3) is 11.3 Å². The summed E-state index contributed by atoms with van der Waals surface area (Å²) in [5.74, 6) is 0.230. The van der Waals surface area contributed by atoms with E-state index in [0.29, 0.717) is 17.2 Å². The van der Waals surface area contributed by atoms with E-state index in [1.54, 1.807) is 13.1 Å². The van der Waals surface area contributed by atoms with Gasteiger partial charge in [0.25, 0.3) is 0 Å². The highest BCUT2D eigenvalue weighted by atomic mass is 79.9. The van der Waals surface area contributed by atoms with Gasteiger partial charge in [-0.2, -0.15) is 5.10 Å². The molecule has 7 heteroatoms. The van der Waals surface area contributed by atoms with Crippen molar-refractivity contribution in [2.45, 2.75) is 0 Å². The number of carbonyl (C=O) groups is 1. The van der Waals surface area contributed by atoms with Crippen molar-refractivity contribution in [2.24, 2.45) is 7.05 Å². The zero-order valence-electron chi connectivity index (χ0n) is 9.88. The topological polar surface area (TPSA) is 73.6 Å². The molecule has 0 spiro atoms. The third-order valence-electron chi connectivity index (χ3n) is 2.82. The van der Waals surface area contributed by atoms with Crippen LogP contribution in [-0.4, -0.2) is 27.6 Å². The van der Waals surface area contributed by atoms with Crippen LogP contribution in [0.2, 0.25) is 0 Å². The summed E-state index contributed by atoms with van der Waals surface area (Å²) in [7, 11) is 1.69. The number of carboxylic acids is 1. The number of halogens is 1. The Labute approximate surface area is 116 Å². The number of aryl methyl sites for hydroxylation is 1. The van der Waals surface area contributed by atoms with Gasteiger partial charge in [0.05, 0.1) is 10.2 Å². The Kier molecular flexibility index (Phi) is 2.70. The maximum Gasteiger partial charge on any atom is 0.356 e. The van der Waals surface area contributed by atoms with E-state index >= 15 is 0 Å². The molecular formula is C12H9BrN2O4. The van der Waals surface area contributed by atoms with Gasteiger partial charge in [-0.25, -0.2) is 4.79 Å². The van der Waals surface area contributed by atoms with Gasteiger partial charge in [0.15, 0.2) is 17.2 Å². The average molecular weight is 325 g/mol. The van der Waals surface area contributed by atoms with Crippen LogP contribution in [0.15, 0.2) is 22.7 Å². The lowest BCUT2D eigenvalue weighted by atomic mass is 10.1. The molecule has 2 heterocycles. The molecule has 1 aromatic carbocycles. The highest BCUT2D eigenvalue weighted by Gasteiger charge is 2.20. The van der Waals surface area contributed by atoms with Crippen molar-refractivity contribution in [1.29, 1.82) is 0 Å². The van der Waals surface area contributed by atoms with Gasteiger partial charge in [-0.1, -0.05) is 0 Å². The highest BCUT2D eigenvalue weighted by molar-refractivity contribution is 9.10. The minimum atomic E-state index is -1.05. The Balaban J connectivity index is 2.12. The molecule has 1 aromatic heterocycles. The van der Waals surface area contributed by atoms with E-state index in [4.69, 9.17) is 14.6 Å². The Morgan fingerprint density at radius 1 is 1.42 bits per heavy atom. The van der Waals surface area contributed by atoms with Crippen molar-refractivity contribution in [1.82, 2.24) is 9.78 Å². The molecule has 0 fully saturated rings. The van der Waals surface area contributed by atoms with Crippen LogP contribution < -0.4 is 9.47 Å². The first-order valence-corrected chi connectivity index (χ1v) is 6.22. The van der Waals surface area contributed by atoms with Crippen LogP contribution in [0.3, 0.4) is 0 Å². The van der Waals surface area contributed by atoms with E-state index in [1.807, 2.05) is 6.07 Å². The molecule has 6 nitrogen and oxygen atoms in total. The van der Waals surface area contributed by atoms with Gasteiger partial charge in [-0.15, -0.1) is 0 Å². The average Bonchev–Trinajstić information content (AvgIpc) is 2.95. The fourth-order valence-corrected chi connectivity index (χ4v) is 2.51. The number of hydrogen-bond donors (Lipinski definition) is 1. The van der Waals surface area contributed by atoms with Crippen molar-refractivity contribution in [3.8, 4) is 22.8 Å². The molecule has 0 saturated carbocycles. The summed E-state index contributed by atoms with van der Waals surface area (Å²) in [6.07, 6.45) is 0. The van der Waals surface area contributed by atoms with Crippen molar-refractivity contribution < 1.29 is 19.4 Å². The molecule has 98 valence electrons. The molecule has 0 aliphatic carbocycles. The second kappa shape index (κ2) is 4.27. The number of nitrogens with zero attached hydrogens (tertiary/aromatic N) is 2. The lowest BCUT2D eigenvalue weighted by Gasteiger charge is -2.05. The predicted molar refractivity (Wildman–Crippen MR) is 69.4 cm³/mol. The zero-order valence-corrected chi connectivity index (χ0v) is 11.5. The van der Waals surface area contributed by atoms with Crippen LogP contribution in [0, 0.1) is 0 Å². The molecule has 3 rings (SSSR count). The van der Waals surface area contributed by atoms with Gasteiger partial charge < -0.3 is 14.6 Å². The van der Waals surface area contributed by atoms with Gasteiger partial charge in [0.1, 0.15) is 0 Å². The highest BCUT2D eigenvalue weighted by Crippen LogP contribution is 2.42. The summed E-state index contributed by atoms with van der Waals surface area (Å²) in [6, 6.07) is 5.16. The molecule has 19 heavy (non-hydrogen) atoms. The molecule has 0 atom stereocenters. The fraction of sp³-hybridized carbons (Fsp3) is 0.167. The number of aromatic nitrogens is 2. The van der Waals surface area contributed by atoms with E-state index in [9.17, 15) is 4.79 Å². The smallest absolute Gasteiger partial charge is 0.356 e. The van der Waals surface area contributed by atoms with Gasteiger partial charge >= 0.3 is 5.97 Å². The number of benzene rings is 1. The minimum absolute atomic E-state index is 0.00582. The molecule has 0 amide bonds. The minimum Gasteiger partial charge on any atom is -0.476 e. The maximum atomic E-state index is 10.9. The summed E-state index contributed by atoms with van der Waals surface area (Å²) in [5.41, 5.74) is 1.50. The van der Waals surface area contributed by atoms with E-state index in [-0.39, 0.29) is 12.5 Å².